The lowest BCUT2D eigenvalue weighted by Gasteiger charge is -2.40. The van der Waals surface area contributed by atoms with Crippen molar-refractivity contribution in [3.63, 3.8) is 0 Å². The summed E-state index contributed by atoms with van der Waals surface area (Å²) in [6, 6.07) is 7.19. The lowest BCUT2D eigenvalue weighted by atomic mass is 9.97. The summed E-state index contributed by atoms with van der Waals surface area (Å²) in [5.74, 6) is 0.844. The van der Waals surface area contributed by atoms with Gasteiger partial charge in [-0.2, -0.15) is 0 Å². The third kappa shape index (κ3) is 4.45. The van der Waals surface area contributed by atoms with Crippen molar-refractivity contribution in [1.82, 2.24) is 4.90 Å². The largest absolute Gasteiger partial charge is 0.491 e. The highest BCUT2D eigenvalue weighted by atomic mass is 16.5. The van der Waals surface area contributed by atoms with Gasteiger partial charge in [0.05, 0.1) is 0 Å². The Morgan fingerprint density at radius 1 is 1.19 bits per heavy atom. The lowest BCUT2D eigenvalue weighted by Crippen LogP contribution is -2.48. The van der Waals surface area contributed by atoms with Gasteiger partial charge in [0.25, 0.3) is 0 Å². The van der Waals surface area contributed by atoms with E-state index >= 15 is 0 Å². The van der Waals surface area contributed by atoms with Gasteiger partial charge in [0.15, 0.2) is 0 Å². The van der Waals surface area contributed by atoms with E-state index in [1.165, 1.54) is 30.4 Å². The van der Waals surface area contributed by atoms with Gasteiger partial charge in [-0.25, -0.2) is 0 Å². The number of nitrogens with zero attached hydrogens (tertiary/aromatic N) is 1. The lowest BCUT2D eigenvalue weighted by molar-refractivity contribution is 0.0209. The van der Waals surface area contributed by atoms with Crippen LogP contribution in [0.4, 0.5) is 0 Å². The fourth-order valence-corrected chi connectivity index (χ4v) is 3.13. The quantitative estimate of drug-likeness (QED) is 0.903. The minimum Gasteiger partial charge on any atom is -0.491 e. The number of hydrogen-bond donors (Lipinski definition) is 1. The zero-order valence-electron chi connectivity index (χ0n) is 13.8. The average molecular weight is 291 g/mol. The topological polar surface area (TPSA) is 32.7 Å². The minimum absolute atomic E-state index is 0.360. The van der Waals surface area contributed by atoms with Crippen LogP contribution >= 0.6 is 0 Å². The highest BCUT2D eigenvalue weighted by molar-refractivity contribution is 5.33. The Hall–Kier alpha value is -1.06. The molecule has 1 heterocycles. The second kappa shape index (κ2) is 7.28. The Morgan fingerprint density at radius 3 is 2.48 bits per heavy atom. The summed E-state index contributed by atoms with van der Waals surface area (Å²) >= 11 is 0. The third-order valence-corrected chi connectivity index (χ3v) is 4.72. The molecule has 3 atom stereocenters. The summed E-state index contributed by atoms with van der Waals surface area (Å²) in [7, 11) is 0. The van der Waals surface area contributed by atoms with Crippen molar-refractivity contribution in [2.75, 3.05) is 13.2 Å². The maximum atomic E-state index is 10.3. The van der Waals surface area contributed by atoms with Crippen LogP contribution in [0.2, 0.25) is 0 Å². The molecule has 1 N–H and O–H groups in total. The fourth-order valence-electron chi connectivity index (χ4n) is 3.13. The first-order valence-electron chi connectivity index (χ1n) is 8.11. The highest BCUT2D eigenvalue weighted by Gasteiger charge is 2.26. The molecular formula is C18H29NO2. The molecule has 0 amide bonds. The second-order valence-corrected chi connectivity index (χ2v) is 6.54. The Kier molecular flexibility index (Phi) is 5.65. The van der Waals surface area contributed by atoms with E-state index in [-0.39, 0.29) is 0 Å². The Balaban J connectivity index is 1.83. The van der Waals surface area contributed by atoms with Crippen molar-refractivity contribution in [3.05, 3.63) is 29.3 Å². The maximum Gasteiger partial charge on any atom is 0.119 e. The number of ether oxygens (including phenoxy) is 1. The number of aliphatic hydroxyl groups excluding tert-OH is 1. The van der Waals surface area contributed by atoms with Crippen molar-refractivity contribution >= 4 is 0 Å². The number of β-amino-alcohol motifs (C(OH)–C–C–N with tert-alkyl or cyclic N) is 1. The predicted octanol–water partition coefficient (Wildman–Crippen LogP) is 3.31. The molecule has 3 nitrogen and oxygen atoms in total. The summed E-state index contributed by atoms with van der Waals surface area (Å²) in [5.41, 5.74) is 2.49. The van der Waals surface area contributed by atoms with Gasteiger partial charge in [-0.15, -0.1) is 0 Å². The van der Waals surface area contributed by atoms with E-state index in [9.17, 15) is 5.11 Å². The molecule has 1 aromatic carbocycles. The van der Waals surface area contributed by atoms with E-state index in [0.717, 1.165) is 5.75 Å². The van der Waals surface area contributed by atoms with Crippen LogP contribution in [0.3, 0.4) is 0 Å². The molecule has 21 heavy (non-hydrogen) atoms. The molecule has 0 bridgehead atoms. The van der Waals surface area contributed by atoms with Crippen LogP contribution in [-0.2, 0) is 0 Å². The van der Waals surface area contributed by atoms with Crippen molar-refractivity contribution in [3.8, 4) is 5.75 Å². The summed E-state index contributed by atoms with van der Waals surface area (Å²) in [6.07, 6.45) is 3.33. The van der Waals surface area contributed by atoms with Crippen LogP contribution in [0, 0.1) is 13.8 Å². The number of aryl methyl sites for hydroxylation is 2. The van der Waals surface area contributed by atoms with E-state index in [4.69, 9.17) is 4.74 Å². The van der Waals surface area contributed by atoms with Crippen LogP contribution in [0.25, 0.3) is 0 Å². The van der Waals surface area contributed by atoms with Crippen LogP contribution in [0.5, 0.6) is 5.75 Å². The van der Waals surface area contributed by atoms with Crippen LogP contribution < -0.4 is 4.74 Å². The van der Waals surface area contributed by atoms with Gasteiger partial charge in [0.1, 0.15) is 18.5 Å². The molecule has 1 aliphatic rings. The van der Waals surface area contributed by atoms with Gasteiger partial charge in [-0.1, -0.05) is 12.5 Å². The summed E-state index contributed by atoms with van der Waals surface area (Å²) in [4.78, 5) is 2.41. The zero-order chi connectivity index (χ0) is 15.4. The fraction of sp³-hybridized carbons (Fsp3) is 0.667. The Bertz CT molecular complexity index is 451. The van der Waals surface area contributed by atoms with E-state index < -0.39 is 6.10 Å². The van der Waals surface area contributed by atoms with Gasteiger partial charge >= 0.3 is 0 Å². The molecule has 0 aromatic heterocycles. The number of aliphatic hydroxyl groups is 1. The van der Waals surface area contributed by atoms with E-state index in [0.29, 0.717) is 25.2 Å². The first kappa shape index (κ1) is 16.3. The number of rotatable bonds is 5. The molecule has 1 saturated heterocycles. The van der Waals surface area contributed by atoms with Crippen molar-refractivity contribution < 1.29 is 9.84 Å². The minimum atomic E-state index is -0.436. The summed E-state index contributed by atoms with van der Waals surface area (Å²) in [5, 5.41) is 10.3. The molecule has 0 radical (unpaired) electrons. The van der Waals surface area contributed by atoms with Gasteiger partial charge < -0.3 is 9.84 Å². The standard InChI is InChI=1S/C18H29NO2/c1-13-8-9-18(10-14(13)2)21-12-17(20)11-19-15(3)6-5-7-16(19)4/h8-10,15-17,20H,5-7,11-12H2,1-4H3/t15-,16-,17-/m1/s1. The highest BCUT2D eigenvalue weighted by Crippen LogP contribution is 2.23. The van der Waals surface area contributed by atoms with E-state index in [1.807, 2.05) is 12.1 Å². The monoisotopic (exact) mass is 291 g/mol. The number of hydrogen-bond acceptors (Lipinski definition) is 3. The van der Waals surface area contributed by atoms with Gasteiger partial charge in [0.2, 0.25) is 0 Å². The molecule has 2 rings (SSSR count). The summed E-state index contributed by atoms with van der Waals surface area (Å²) in [6.45, 7) is 9.74. The molecule has 0 unspecified atom stereocenters. The zero-order valence-corrected chi connectivity index (χ0v) is 13.8. The van der Waals surface area contributed by atoms with Gasteiger partial charge in [-0.3, -0.25) is 4.90 Å². The SMILES string of the molecule is Cc1ccc(OC[C@H](O)CN2[C@H](C)CCC[C@H]2C)cc1C. The number of benzene rings is 1. The van der Waals surface area contributed by atoms with Crippen LogP contribution in [-0.4, -0.2) is 41.3 Å². The molecule has 1 aliphatic heterocycles. The molecule has 0 saturated carbocycles. The molecule has 0 spiro atoms. The third-order valence-electron chi connectivity index (χ3n) is 4.72. The van der Waals surface area contributed by atoms with E-state index in [1.54, 1.807) is 0 Å². The molecular weight excluding hydrogens is 262 g/mol. The van der Waals surface area contributed by atoms with Gasteiger partial charge in [0, 0.05) is 18.6 Å². The Morgan fingerprint density at radius 2 is 1.86 bits per heavy atom. The number of piperidine rings is 1. The summed E-state index contributed by atoms with van der Waals surface area (Å²) < 4.78 is 5.74. The molecule has 0 aliphatic carbocycles. The number of likely N-dealkylation sites (tertiary alicyclic amines) is 1. The van der Waals surface area contributed by atoms with E-state index in [2.05, 4.69) is 38.7 Å². The normalized spacial score (nSPS) is 24.8. The first-order valence-corrected chi connectivity index (χ1v) is 8.11. The predicted molar refractivity (Wildman–Crippen MR) is 86.9 cm³/mol. The Labute approximate surface area is 128 Å². The van der Waals surface area contributed by atoms with Crippen molar-refractivity contribution in [2.24, 2.45) is 0 Å². The van der Waals surface area contributed by atoms with Crippen molar-refractivity contribution in [2.45, 2.75) is 65.1 Å². The molecule has 1 aromatic rings. The van der Waals surface area contributed by atoms with Crippen molar-refractivity contribution in [1.29, 1.82) is 0 Å². The maximum absolute atomic E-state index is 10.3. The molecule has 1 fully saturated rings. The molecule has 118 valence electrons. The van der Waals surface area contributed by atoms with Gasteiger partial charge in [-0.05, 0) is 63.8 Å². The average Bonchev–Trinajstić information content (AvgIpc) is 2.44. The van der Waals surface area contributed by atoms with Crippen LogP contribution in [0.15, 0.2) is 18.2 Å². The molecule has 3 heteroatoms. The smallest absolute Gasteiger partial charge is 0.119 e. The first-order chi connectivity index (χ1) is 9.97. The second-order valence-electron chi connectivity index (χ2n) is 6.54. The van der Waals surface area contributed by atoms with Crippen LogP contribution in [0.1, 0.15) is 44.2 Å².